The van der Waals surface area contributed by atoms with Gasteiger partial charge in [-0.05, 0) is 64.6 Å². The molecule has 0 aromatic heterocycles. The molecule has 2 aliphatic heterocycles. The lowest BCUT2D eigenvalue weighted by Gasteiger charge is -2.31. The first-order chi connectivity index (χ1) is 12.3. The number of hydrogen-bond acceptors (Lipinski definition) is 4. The number of rotatable bonds is 10. The van der Waals surface area contributed by atoms with E-state index in [4.69, 9.17) is 14.5 Å². The Morgan fingerprint density at radius 1 is 1.19 bits per heavy atom. The van der Waals surface area contributed by atoms with Crippen LogP contribution in [0.5, 0.6) is 0 Å². The van der Waals surface area contributed by atoms with Gasteiger partial charge >= 0.3 is 0 Å². The molecule has 2 N–H and O–H groups in total. The van der Waals surface area contributed by atoms with E-state index in [9.17, 15) is 0 Å². The molecule has 0 bridgehead atoms. The van der Waals surface area contributed by atoms with E-state index in [1.54, 1.807) is 0 Å². The van der Waals surface area contributed by atoms with Gasteiger partial charge in [-0.2, -0.15) is 0 Å². The molecule has 0 spiro atoms. The Morgan fingerprint density at radius 3 is 2.65 bits per heavy atom. The van der Waals surface area contributed by atoms with Gasteiger partial charge in [0.1, 0.15) is 0 Å². The predicted octanol–water partition coefficient (Wildman–Crippen LogP) is 2.48. The Balaban J connectivity index is 0.00000338. The van der Waals surface area contributed by atoms with E-state index >= 15 is 0 Å². The third kappa shape index (κ3) is 9.71. The molecule has 2 fully saturated rings. The molecular weight excluding hydrogens is 443 g/mol. The molecule has 0 aromatic carbocycles. The first-order valence-electron chi connectivity index (χ1n) is 10.3. The van der Waals surface area contributed by atoms with Gasteiger partial charge in [0.05, 0.1) is 12.7 Å². The summed E-state index contributed by atoms with van der Waals surface area (Å²) in [6.45, 7) is 13.2. The quantitative estimate of drug-likeness (QED) is 0.217. The highest BCUT2D eigenvalue weighted by molar-refractivity contribution is 14.0. The van der Waals surface area contributed by atoms with Gasteiger partial charge in [-0.1, -0.05) is 6.92 Å². The molecule has 2 aliphatic rings. The van der Waals surface area contributed by atoms with Crippen LogP contribution in [0.15, 0.2) is 4.99 Å². The number of nitrogens with one attached hydrogen (secondary N) is 2. The molecule has 0 saturated carbocycles. The Bertz CT molecular complexity index is 371. The number of likely N-dealkylation sites (tertiary alicyclic amines) is 1. The Morgan fingerprint density at radius 2 is 2.00 bits per heavy atom. The average molecular weight is 482 g/mol. The zero-order valence-electron chi connectivity index (χ0n) is 16.7. The molecule has 6 nitrogen and oxygen atoms in total. The zero-order chi connectivity index (χ0) is 17.7. The molecule has 2 saturated heterocycles. The molecule has 0 radical (unpaired) electrons. The number of hydrogen-bond donors (Lipinski definition) is 2. The number of guanidine groups is 1. The molecule has 0 aliphatic carbocycles. The van der Waals surface area contributed by atoms with E-state index in [1.807, 2.05) is 0 Å². The van der Waals surface area contributed by atoms with Crippen LogP contribution in [0.25, 0.3) is 0 Å². The summed E-state index contributed by atoms with van der Waals surface area (Å²) in [5.74, 6) is 1.68. The Labute approximate surface area is 176 Å². The van der Waals surface area contributed by atoms with E-state index in [0.717, 1.165) is 64.2 Å². The smallest absolute Gasteiger partial charge is 0.191 e. The highest BCUT2D eigenvalue weighted by Crippen LogP contribution is 2.17. The van der Waals surface area contributed by atoms with Crippen LogP contribution in [-0.4, -0.2) is 76.1 Å². The molecule has 1 atom stereocenters. The SMILES string of the molecule is CCCN1CCC(CN=C(NCC)NCCCOC2CCOC2)CC1.I. The third-order valence-corrected chi connectivity index (χ3v) is 4.95. The number of nitrogens with zero attached hydrogens (tertiary/aromatic N) is 2. The van der Waals surface area contributed by atoms with Crippen molar-refractivity contribution < 1.29 is 9.47 Å². The minimum Gasteiger partial charge on any atom is -0.379 e. The number of ether oxygens (including phenoxy) is 2. The summed E-state index contributed by atoms with van der Waals surface area (Å²) >= 11 is 0. The van der Waals surface area contributed by atoms with Gasteiger partial charge in [-0.3, -0.25) is 4.99 Å². The minimum absolute atomic E-state index is 0. The lowest BCUT2D eigenvalue weighted by molar-refractivity contribution is 0.0420. The van der Waals surface area contributed by atoms with E-state index in [0.29, 0.717) is 6.10 Å². The predicted molar refractivity (Wildman–Crippen MR) is 119 cm³/mol. The standard InChI is InChI=1S/C19H38N4O2.HI/c1-3-10-23-11-6-17(7-12-23)15-22-19(20-4-2)21-9-5-13-25-18-8-14-24-16-18;/h17-18H,3-16H2,1-2H3,(H2,20,21,22);1H. The van der Waals surface area contributed by atoms with Crippen molar-refractivity contribution in [3.8, 4) is 0 Å². The van der Waals surface area contributed by atoms with Crippen LogP contribution in [0.2, 0.25) is 0 Å². The first kappa shape index (κ1) is 23.9. The number of halogens is 1. The normalized spacial score (nSPS) is 22.2. The zero-order valence-corrected chi connectivity index (χ0v) is 19.0. The van der Waals surface area contributed by atoms with Gasteiger partial charge in [-0.15, -0.1) is 24.0 Å². The van der Waals surface area contributed by atoms with Gasteiger partial charge in [0, 0.05) is 32.8 Å². The summed E-state index contributed by atoms with van der Waals surface area (Å²) in [7, 11) is 0. The first-order valence-corrected chi connectivity index (χ1v) is 10.3. The van der Waals surface area contributed by atoms with Crippen molar-refractivity contribution in [2.45, 2.75) is 52.1 Å². The second-order valence-electron chi connectivity index (χ2n) is 7.14. The van der Waals surface area contributed by atoms with Crippen LogP contribution < -0.4 is 10.6 Å². The van der Waals surface area contributed by atoms with Crippen LogP contribution in [-0.2, 0) is 9.47 Å². The summed E-state index contributed by atoms with van der Waals surface area (Å²) in [6.07, 6.45) is 6.15. The van der Waals surface area contributed by atoms with Crippen LogP contribution in [0.1, 0.15) is 46.0 Å². The summed E-state index contributed by atoms with van der Waals surface area (Å²) in [5, 5.41) is 6.78. The summed E-state index contributed by atoms with van der Waals surface area (Å²) in [6, 6.07) is 0. The summed E-state index contributed by atoms with van der Waals surface area (Å²) < 4.78 is 11.1. The Kier molecular flexibility index (Phi) is 13.7. The number of aliphatic imine (C=N–C) groups is 1. The molecule has 154 valence electrons. The molecule has 0 aromatic rings. The van der Waals surface area contributed by atoms with E-state index in [-0.39, 0.29) is 24.0 Å². The highest BCUT2D eigenvalue weighted by Gasteiger charge is 2.18. The second kappa shape index (κ2) is 14.9. The van der Waals surface area contributed by atoms with E-state index in [1.165, 1.54) is 38.9 Å². The van der Waals surface area contributed by atoms with Crippen LogP contribution in [0, 0.1) is 5.92 Å². The molecule has 1 unspecified atom stereocenters. The maximum absolute atomic E-state index is 5.80. The second-order valence-corrected chi connectivity index (χ2v) is 7.14. The fourth-order valence-electron chi connectivity index (χ4n) is 3.44. The maximum Gasteiger partial charge on any atom is 0.191 e. The van der Waals surface area contributed by atoms with Crippen LogP contribution in [0.4, 0.5) is 0 Å². The fourth-order valence-corrected chi connectivity index (χ4v) is 3.44. The van der Waals surface area contributed by atoms with Crippen molar-refractivity contribution in [3.05, 3.63) is 0 Å². The molecule has 26 heavy (non-hydrogen) atoms. The largest absolute Gasteiger partial charge is 0.379 e. The highest BCUT2D eigenvalue weighted by atomic mass is 127. The number of piperidine rings is 1. The topological polar surface area (TPSA) is 58.1 Å². The lowest BCUT2D eigenvalue weighted by atomic mass is 9.97. The molecule has 2 heterocycles. The van der Waals surface area contributed by atoms with Gasteiger partial charge in [0.2, 0.25) is 0 Å². The molecule has 7 heteroatoms. The summed E-state index contributed by atoms with van der Waals surface area (Å²) in [4.78, 5) is 7.38. The van der Waals surface area contributed by atoms with Crippen molar-refractivity contribution >= 4 is 29.9 Å². The molecule has 2 rings (SSSR count). The van der Waals surface area contributed by atoms with Gasteiger partial charge in [-0.25, -0.2) is 0 Å². The van der Waals surface area contributed by atoms with Crippen molar-refractivity contribution in [3.63, 3.8) is 0 Å². The van der Waals surface area contributed by atoms with Crippen LogP contribution >= 0.6 is 24.0 Å². The minimum atomic E-state index is 0. The molecule has 0 amide bonds. The third-order valence-electron chi connectivity index (χ3n) is 4.95. The van der Waals surface area contributed by atoms with Crippen LogP contribution in [0.3, 0.4) is 0 Å². The van der Waals surface area contributed by atoms with Crippen molar-refractivity contribution in [1.29, 1.82) is 0 Å². The fraction of sp³-hybridized carbons (Fsp3) is 0.947. The summed E-state index contributed by atoms with van der Waals surface area (Å²) in [5.41, 5.74) is 0. The lowest BCUT2D eigenvalue weighted by Crippen LogP contribution is -2.39. The monoisotopic (exact) mass is 482 g/mol. The van der Waals surface area contributed by atoms with Gasteiger partial charge < -0.3 is 25.0 Å². The maximum atomic E-state index is 5.80. The van der Waals surface area contributed by atoms with Gasteiger partial charge in [0.15, 0.2) is 5.96 Å². The van der Waals surface area contributed by atoms with Crippen molar-refractivity contribution in [2.24, 2.45) is 10.9 Å². The van der Waals surface area contributed by atoms with Gasteiger partial charge in [0.25, 0.3) is 0 Å². The van der Waals surface area contributed by atoms with Crippen molar-refractivity contribution in [2.75, 3.05) is 59.1 Å². The average Bonchev–Trinajstić information content (AvgIpc) is 3.14. The van der Waals surface area contributed by atoms with E-state index < -0.39 is 0 Å². The Hall–Kier alpha value is -0.120. The molecular formula is C19H39IN4O2. The van der Waals surface area contributed by atoms with E-state index in [2.05, 4.69) is 29.4 Å². The van der Waals surface area contributed by atoms with Crippen molar-refractivity contribution in [1.82, 2.24) is 15.5 Å².